The Hall–Kier alpha value is -2.07. The van der Waals surface area contributed by atoms with Gasteiger partial charge in [0, 0.05) is 17.8 Å². The van der Waals surface area contributed by atoms with E-state index in [1.54, 1.807) is 4.52 Å². The molecule has 2 heterocycles. The molecule has 5 heteroatoms. The van der Waals surface area contributed by atoms with Gasteiger partial charge in [-0.2, -0.15) is 4.98 Å². The lowest BCUT2D eigenvalue weighted by molar-refractivity contribution is 0.947. The largest absolute Gasteiger partial charge is 0.349 e. The minimum atomic E-state index is 0.626. The smallest absolute Gasteiger partial charge is 0.243 e. The van der Waals surface area contributed by atoms with Gasteiger partial charge in [0.1, 0.15) is 0 Å². The highest BCUT2D eigenvalue weighted by Crippen LogP contribution is 2.12. The van der Waals surface area contributed by atoms with Crippen LogP contribution >= 0.6 is 11.6 Å². The third-order valence-corrected chi connectivity index (χ3v) is 3.11. The van der Waals surface area contributed by atoms with Crippen LogP contribution in [0.1, 0.15) is 11.1 Å². The molecule has 0 fully saturated rings. The number of hydrogen-bond donors (Lipinski definition) is 1. The van der Waals surface area contributed by atoms with Crippen LogP contribution in [0.5, 0.6) is 0 Å². The van der Waals surface area contributed by atoms with Crippen molar-refractivity contribution < 1.29 is 0 Å². The van der Waals surface area contributed by atoms with Gasteiger partial charge in [-0.15, -0.1) is 5.10 Å². The summed E-state index contributed by atoms with van der Waals surface area (Å²) in [7, 11) is 0. The van der Waals surface area contributed by atoms with Crippen LogP contribution in [-0.4, -0.2) is 14.6 Å². The average Bonchev–Trinajstić information content (AvgIpc) is 2.80. The lowest BCUT2D eigenvalue weighted by Gasteiger charge is -2.01. The van der Waals surface area contributed by atoms with Crippen LogP contribution < -0.4 is 5.32 Å². The second kappa shape index (κ2) is 4.90. The number of pyridine rings is 1. The van der Waals surface area contributed by atoms with E-state index in [2.05, 4.69) is 15.4 Å². The van der Waals surface area contributed by atoms with Gasteiger partial charge in [-0.05, 0) is 42.3 Å². The van der Waals surface area contributed by atoms with Gasteiger partial charge in [0.15, 0.2) is 5.65 Å². The second-order valence-electron chi connectivity index (χ2n) is 4.42. The molecule has 0 saturated heterocycles. The zero-order chi connectivity index (χ0) is 13.2. The number of benzene rings is 1. The Balaban J connectivity index is 1.76. The standard InChI is InChI=1S/C14H13ClN4/c1-10-6-7-19-13(8-10)17-14(18-19)16-9-11-2-4-12(15)5-3-11/h2-8H,9H2,1H3,(H,16,18). The molecule has 0 saturated carbocycles. The quantitative estimate of drug-likeness (QED) is 0.795. The zero-order valence-electron chi connectivity index (χ0n) is 10.5. The third kappa shape index (κ3) is 2.69. The van der Waals surface area contributed by atoms with Crippen molar-refractivity contribution in [2.24, 2.45) is 0 Å². The fraction of sp³-hybridized carbons (Fsp3) is 0.143. The molecule has 0 radical (unpaired) electrons. The van der Waals surface area contributed by atoms with Gasteiger partial charge in [-0.3, -0.25) is 0 Å². The Morgan fingerprint density at radius 2 is 2.00 bits per heavy atom. The van der Waals surface area contributed by atoms with Crippen molar-refractivity contribution in [2.75, 3.05) is 5.32 Å². The molecule has 1 aromatic carbocycles. The predicted molar refractivity (Wildman–Crippen MR) is 76.5 cm³/mol. The van der Waals surface area contributed by atoms with E-state index in [0.717, 1.165) is 16.2 Å². The Morgan fingerprint density at radius 3 is 2.79 bits per heavy atom. The average molecular weight is 273 g/mol. The molecule has 19 heavy (non-hydrogen) atoms. The predicted octanol–water partition coefficient (Wildman–Crippen LogP) is 3.30. The number of aromatic nitrogens is 3. The van der Waals surface area contributed by atoms with Gasteiger partial charge < -0.3 is 5.32 Å². The fourth-order valence-corrected chi connectivity index (χ4v) is 1.97. The topological polar surface area (TPSA) is 42.2 Å². The Bertz CT molecular complexity index is 703. The van der Waals surface area contributed by atoms with Crippen molar-refractivity contribution in [2.45, 2.75) is 13.5 Å². The number of anilines is 1. The van der Waals surface area contributed by atoms with Crippen molar-refractivity contribution >= 4 is 23.2 Å². The zero-order valence-corrected chi connectivity index (χ0v) is 11.2. The first-order valence-corrected chi connectivity index (χ1v) is 6.40. The molecule has 2 aromatic heterocycles. The van der Waals surface area contributed by atoms with Crippen LogP contribution in [0.4, 0.5) is 5.95 Å². The number of fused-ring (bicyclic) bond motifs is 1. The van der Waals surface area contributed by atoms with E-state index in [0.29, 0.717) is 12.5 Å². The van der Waals surface area contributed by atoms with Gasteiger partial charge in [-0.25, -0.2) is 4.52 Å². The van der Waals surface area contributed by atoms with Crippen molar-refractivity contribution in [1.29, 1.82) is 0 Å². The summed E-state index contributed by atoms with van der Waals surface area (Å²) in [5, 5.41) is 8.30. The molecule has 0 aliphatic heterocycles. The van der Waals surface area contributed by atoms with Gasteiger partial charge in [0.25, 0.3) is 0 Å². The van der Waals surface area contributed by atoms with E-state index in [9.17, 15) is 0 Å². The SMILES string of the molecule is Cc1ccn2nc(NCc3ccc(Cl)cc3)nc2c1. The molecule has 0 aliphatic carbocycles. The Kier molecular flexibility index (Phi) is 3.09. The molecule has 0 amide bonds. The second-order valence-corrected chi connectivity index (χ2v) is 4.86. The van der Waals surface area contributed by atoms with Crippen molar-refractivity contribution in [3.05, 3.63) is 58.7 Å². The number of nitrogens with zero attached hydrogens (tertiary/aromatic N) is 3. The first-order valence-electron chi connectivity index (χ1n) is 6.02. The minimum Gasteiger partial charge on any atom is -0.349 e. The third-order valence-electron chi connectivity index (χ3n) is 2.86. The molecular weight excluding hydrogens is 260 g/mol. The number of hydrogen-bond acceptors (Lipinski definition) is 3. The highest BCUT2D eigenvalue weighted by molar-refractivity contribution is 6.30. The molecule has 1 N–H and O–H groups in total. The molecular formula is C14H13ClN4. The number of halogens is 1. The van der Waals surface area contributed by atoms with Crippen molar-refractivity contribution in [3.63, 3.8) is 0 Å². The van der Waals surface area contributed by atoms with Crippen molar-refractivity contribution in [3.8, 4) is 0 Å². The first kappa shape index (κ1) is 12.0. The van der Waals surface area contributed by atoms with E-state index in [4.69, 9.17) is 11.6 Å². The van der Waals surface area contributed by atoms with Crippen LogP contribution in [0, 0.1) is 6.92 Å². The summed E-state index contributed by atoms with van der Waals surface area (Å²) in [6.45, 7) is 2.71. The minimum absolute atomic E-state index is 0.626. The van der Waals surface area contributed by atoms with Crippen LogP contribution in [0.15, 0.2) is 42.6 Å². The van der Waals surface area contributed by atoms with Crippen LogP contribution in [0.25, 0.3) is 5.65 Å². The number of rotatable bonds is 3. The van der Waals surface area contributed by atoms with Crippen LogP contribution in [0.3, 0.4) is 0 Å². The summed E-state index contributed by atoms with van der Waals surface area (Å²) >= 11 is 5.85. The molecule has 0 atom stereocenters. The normalized spacial score (nSPS) is 10.8. The molecule has 4 nitrogen and oxygen atoms in total. The summed E-state index contributed by atoms with van der Waals surface area (Å²) in [4.78, 5) is 4.42. The van der Waals surface area contributed by atoms with Gasteiger partial charge >= 0.3 is 0 Å². The van der Waals surface area contributed by atoms with E-state index >= 15 is 0 Å². The van der Waals surface area contributed by atoms with Gasteiger partial charge in [0.2, 0.25) is 5.95 Å². The fourth-order valence-electron chi connectivity index (χ4n) is 1.84. The van der Waals surface area contributed by atoms with E-state index < -0.39 is 0 Å². The van der Waals surface area contributed by atoms with Crippen molar-refractivity contribution in [1.82, 2.24) is 14.6 Å². The van der Waals surface area contributed by atoms with Crippen LogP contribution in [-0.2, 0) is 6.54 Å². The highest BCUT2D eigenvalue weighted by atomic mass is 35.5. The Morgan fingerprint density at radius 1 is 1.21 bits per heavy atom. The molecule has 96 valence electrons. The maximum absolute atomic E-state index is 5.85. The molecule has 0 bridgehead atoms. The molecule has 3 rings (SSSR count). The summed E-state index contributed by atoms with van der Waals surface area (Å²) < 4.78 is 1.76. The monoisotopic (exact) mass is 272 g/mol. The molecule has 0 aliphatic rings. The molecule has 3 aromatic rings. The molecule has 0 unspecified atom stereocenters. The number of nitrogens with one attached hydrogen (secondary N) is 1. The summed E-state index contributed by atoms with van der Waals surface area (Å²) in [5.41, 5.74) is 3.15. The summed E-state index contributed by atoms with van der Waals surface area (Å²) in [5.74, 6) is 0.626. The van der Waals surface area contributed by atoms with E-state index in [1.807, 2.05) is 49.5 Å². The van der Waals surface area contributed by atoms with Gasteiger partial charge in [-0.1, -0.05) is 23.7 Å². The summed E-state index contributed by atoms with van der Waals surface area (Å²) in [6, 6.07) is 11.7. The Labute approximate surface area is 116 Å². The first-order chi connectivity index (χ1) is 9.20. The van der Waals surface area contributed by atoms with Gasteiger partial charge in [0.05, 0.1) is 0 Å². The highest BCUT2D eigenvalue weighted by Gasteiger charge is 2.03. The van der Waals surface area contributed by atoms with E-state index in [1.165, 1.54) is 5.56 Å². The van der Waals surface area contributed by atoms with Crippen LogP contribution in [0.2, 0.25) is 5.02 Å². The lowest BCUT2D eigenvalue weighted by Crippen LogP contribution is -2.00. The van der Waals surface area contributed by atoms with E-state index in [-0.39, 0.29) is 0 Å². The maximum Gasteiger partial charge on any atom is 0.243 e. The maximum atomic E-state index is 5.85. The molecule has 0 spiro atoms. The summed E-state index contributed by atoms with van der Waals surface area (Å²) in [6.07, 6.45) is 1.91. The lowest BCUT2D eigenvalue weighted by atomic mass is 10.2. The number of aryl methyl sites for hydroxylation is 1.